The van der Waals surface area contributed by atoms with Crippen molar-refractivity contribution < 1.29 is 0 Å². The van der Waals surface area contributed by atoms with Crippen molar-refractivity contribution >= 4 is 21.8 Å². The number of nitrogens with zero attached hydrogens (tertiary/aromatic N) is 2. The van der Waals surface area contributed by atoms with Crippen molar-refractivity contribution in [1.29, 1.82) is 0 Å². The Kier molecular flexibility index (Phi) is 2.90. The predicted molar refractivity (Wildman–Crippen MR) is 92.0 cm³/mol. The lowest BCUT2D eigenvalue weighted by Crippen LogP contribution is -1.93. The summed E-state index contributed by atoms with van der Waals surface area (Å²) in [7, 11) is 0. The number of rotatable bonds is 1. The molecule has 2 heterocycles. The Balaban J connectivity index is 2.21. The van der Waals surface area contributed by atoms with E-state index in [4.69, 9.17) is 0 Å². The Morgan fingerprint density at radius 1 is 0.591 bits per heavy atom. The maximum Gasteiger partial charge on any atom is 0.0708 e. The highest BCUT2D eigenvalue weighted by atomic mass is 14.7. The molecule has 2 aromatic carbocycles. The minimum Gasteiger partial charge on any atom is -0.256 e. The number of hydrogen-bond donors (Lipinski definition) is 0. The first kappa shape index (κ1) is 13.0. The average Bonchev–Trinajstić information content (AvgIpc) is 2.56. The van der Waals surface area contributed by atoms with Gasteiger partial charge in [0.15, 0.2) is 0 Å². The van der Waals surface area contributed by atoms with Crippen LogP contribution in [0.2, 0.25) is 0 Å². The summed E-state index contributed by atoms with van der Waals surface area (Å²) in [6.45, 7) is 4.33. The molecule has 0 unspecified atom stereocenters. The van der Waals surface area contributed by atoms with Gasteiger partial charge in [0.2, 0.25) is 0 Å². The summed E-state index contributed by atoms with van der Waals surface area (Å²) in [5, 5.41) is 2.39. The number of aryl methyl sites for hydroxylation is 2. The molecule has 106 valence electrons. The van der Waals surface area contributed by atoms with E-state index in [2.05, 4.69) is 60.2 Å². The molecule has 0 amide bonds. The van der Waals surface area contributed by atoms with Gasteiger partial charge in [-0.2, -0.15) is 0 Å². The molecule has 2 heteroatoms. The molecule has 0 spiro atoms. The SMILES string of the molecule is Cc1ccc2ncccc2c1-c1c(C)ccc2ncccc12. The largest absolute Gasteiger partial charge is 0.256 e. The van der Waals surface area contributed by atoms with E-state index in [0.29, 0.717) is 0 Å². The second-order valence-electron chi connectivity index (χ2n) is 5.66. The summed E-state index contributed by atoms with van der Waals surface area (Å²) in [5.74, 6) is 0. The lowest BCUT2D eigenvalue weighted by Gasteiger charge is -2.15. The first-order chi connectivity index (χ1) is 10.8. The van der Waals surface area contributed by atoms with Gasteiger partial charge in [-0.3, -0.25) is 9.97 Å². The van der Waals surface area contributed by atoms with Gasteiger partial charge >= 0.3 is 0 Å². The van der Waals surface area contributed by atoms with Gasteiger partial charge in [-0.1, -0.05) is 24.3 Å². The molecule has 22 heavy (non-hydrogen) atoms. The van der Waals surface area contributed by atoms with Crippen LogP contribution >= 0.6 is 0 Å². The van der Waals surface area contributed by atoms with Crippen LogP contribution < -0.4 is 0 Å². The predicted octanol–water partition coefficient (Wildman–Crippen LogP) is 5.07. The molecule has 0 fully saturated rings. The van der Waals surface area contributed by atoms with Gasteiger partial charge in [-0.15, -0.1) is 0 Å². The fourth-order valence-electron chi connectivity index (χ4n) is 3.19. The molecule has 0 aliphatic rings. The molecule has 0 atom stereocenters. The van der Waals surface area contributed by atoms with E-state index < -0.39 is 0 Å². The van der Waals surface area contributed by atoms with E-state index in [1.54, 1.807) is 0 Å². The van der Waals surface area contributed by atoms with Crippen LogP contribution in [-0.4, -0.2) is 9.97 Å². The molecule has 0 N–H and O–H groups in total. The van der Waals surface area contributed by atoms with Crippen LogP contribution in [0.4, 0.5) is 0 Å². The lowest BCUT2D eigenvalue weighted by molar-refractivity contribution is 1.37. The third-order valence-corrected chi connectivity index (χ3v) is 4.24. The fourth-order valence-corrected chi connectivity index (χ4v) is 3.19. The van der Waals surface area contributed by atoms with Crippen molar-refractivity contribution in [2.75, 3.05) is 0 Å². The van der Waals surface area contributed by atoms with Crippen LogP contribution in [0.1, 0.15) is 11.1 Å². The summed E-state index contributed by atoms with van der Waals surface area (Å²) in [5.41, 5.74) is 7.12. The molecule has 2 aromatic heterocycles. The Labute approximate surface area is 129 Å². The normalized spacial score (nSPS) is 11.2. The lowest BCUT2D eigenvalue weighted by atomic mass is 9.90. The summed E-state index contributed by atoms with van der Waals surface area (Å²) < 4.78 is 0. The number of pyridine rings is 2. The summed E-state index contributed by atoms with van der Waals surface area (Å²) >= 11 is 0. The molecule has 0 aliphatic heterocycles. The van der Waals surface area contributed by atoms with Gasteiger partial charge in [0, 0.05) is 23.2 Å². The second-order valence-corrected chi connectivity index (χ2v) is 5.66. The topological polar surface area (TPSA) is 25.8 Å². The molecular weight excluding hydrogens is 268 g/mol. The Hall–Kier alpha value is -2.74. The zero-order valence-corrected chi connectivity index (χ0v) is 12.7. The van der Waals surface area contributed by atoms with Crippen molar-refractivity contribution in [3.63, 3.8) is 0 Å². The summed E-state index contributed by atoms with van der Waals surface area (Å²) in [6.07, 6.45) is 3.69. The highest BCUT2D eigenvalue weighted by molar-refractivity contribution is 6.05. The zero-order chi connectivity index (χ0) is 15.1. The van der Waals surface area contributed by atoms with E-state index >= 15 is 0 Å². The monoisotopic (exact) mass is 284 g/mol. The molecule has 4 aromatic rings. The standard InChI is InChI=1S/C20H16N2/c1-13-7-9-17-15(5-3-11-21-17)19(13)20-14(2)8-10-18-16(20)6-4-12-22-18/h3-12H,1-2H3. The highest BCUT2D eigenvalue weighted by Crippen LogP contribution is 2.37. The minimum atomic E-state index is 1.03. The average molecular weight is 284 g/mol. The van der Waals surface area contributed by atoms with Gasteiger partial charge in [0.1, 0.15) is 0 Å². The Morgan fingerprint density at radius 3 is 1.50 bits per heavy atom. The maximum atomic E-state index is 4.50. The number of benzene rings is 2. The molecule has 0 bridgehead atoms. The Morgan fingerprint density at radius 2 is 1.05 bits per heavy atom. The number of fused-ring (bicyclic) bond motifs is 2. The molecular formula is C20H16N2. The number of aromatic nitrogens is 2. The summed E-state index contributed by atoms with van der Waals surface area (Å²) in [6, 6.07) is 16.8. The van der Waals surface area contributed by atoms with Crippen LogP contribution in [-0.2, 0) is 0 Å². The van der Waals surface area contributed by atoms with Crippen LogP contribution in [0, 0.1) is 13.8 Å². The maximum absolute atomic E-state index is 4.50. The van der Waals surface area contributed by atoms with Crippen molar-refractivity contribution in [2.24, 2.45) is 0 Å². The van der Waals surface area contributed by atoms with Crippen molar-refractivity contribution in [3.8, 4) is 11.1 Å². The van der Waals surface area contributed by atoms with Crippen molar-refractivity contribution in [3.05, 3.63) is 72.1 Å². The van der Waals surface area contributed by atoms with Gasteiger partial charge in [-0.05, 0) is 60.4 Å². The fraction of sp³-hybridized carbons (Fsp3) is 0.100. The number of hydrogen-bond acceptors (Lipinski definition) is 2. The molecule has 2 nitrogen and oxygen atoms in total. The van der Waals surface area contributed by atoms with Gasteiger partial charge < -0.3 is 0 Å². The third kappa shape index (κ3) is 1.88. The zero-order valence-electron chi connectivity index (χ0n) is 12.7. The molecule has 0 radical (unpaired) electrons. The first-order valence-electron chi connectivity index (χ1n) is 7.45. The van der Waals surface area contributed by atoms with Crippen LogP contribution in [0.5, 0.6) is 0 Å². The van der Waals surface area contributed by atoms with Gasteiger partial charge in [-0.25, -0.2) is 0 Å². The van der Waals surface area contributed by atoms with Crippen LogP contribution in [0.15, 0.2) is 60.9 Å². The molecule has 0 saturated carbocycles. The molecule has 0 saturated heterocycles. The molecule has 0 aliphatic carbocycles. The van der Waals surface area contributed by atoms with Gasteiger partial charge in [0.05, 0.1) is 11.0 Å². The third-order valence-electron chi connectivity index (χ3n) is 4.24. The van der Waals surface area contributed by atoms with Crippen LogP contribution in [0.25, 0.3) is 32.9 Å². The van der Waals surface area contributed by atoms with Crippen LogP contribution in [0.3, 0.4) is 0 Å². The highest BCUT2D eigenvalue weighted by Gasteiger charge is 2.13. The smallest absolute Gasteiger partial charge is 0.0708 e. The van der Waals surface area contributed by atoms with E-state index in [1.165, 1.54) is 33.0 Å². The summed E-state index contributed by atoms with van der Waals surface area (Å²) in [4.78, 5) is 9.01. The van der Waals surface area contributed by atoms with E-state index in [0.717, 1.165) is 11.0 Å². The van der Waals surface area contributed by atoms with E-state index in [-0.39, 0.29) is 0 Å². The first-order valence-corrected chi connectivity index (χ1v) is 7.45. The second kappa shape index (κ2) is 4.92. The minimum absolute atomic E-state index is 1.03. The van der Waals surface area contributed by atoms with Crippen molar-refractivity contribution in [2.45, 2.75) is 13.8 Å². The van der Waals surface area contributed by atoms with E-state index in [9.17, 15) is 0 Å². The van der Waals surface area contributed by atoms with Gasteiger partial charge in [0.25, 0.3) is 0 Å². The Bertz CT molecular complexity index is 920. The van der Waals surface area contributed by atoms with E-state index in [1.807, 2.05) is 24.5 Å². The quantitative estimate of drug-likeness (QED) is 0.488. The molecule has 4 rings (SSSR count). The van der Waals surface area contributed by atoms with Crippen molar-refractivity contribution in [1.82, 2.24) is 9.97 Å².